The topological polar surface area (TPSA) is 81.2 Å². The predicted octanol–water partition coefficient (Wildman–Crippen LogP) is 6.92. The summed E-state index contributed by atoms with van der Waals surface area (Å²) in [4.78, 5) is 33.5. The summed E-state index contributed by atoms with van der Waals surface area (Å²) in [6.45, 7) is 12.3. The van der Waals surface area contributed by atoms with Crippen molar-refractivity contribution in [3.63, 3.8) is 0 Å². The van der Waals surface area contributed by atoms with Crippen molar-refractivity contribution in [3.8, 4) is 16.9 Å². The van der Waals surface area contributed by atoms with Crippen LogP contribution in [0.3, 0.4) is 0 Å². The summed E-state index contributed by atoms with van der Waals surface area (Å²) in [6.07, 6.45) is -3.10. The maximum absolute atomic E-state index is 13.1. The number of carbonyl (C=O) groups is 2. The number of rotatable bonds is 5. The minimum atomic E-state index is -4.79. The van der Waals surface area contributed by atoms with Crippen LogP contribution < -0.4 is 9.64 Å². The Morgan fingerprint density at radius 2 is 1.45 bits per heavy atom. The molecule has 0 N–H and O–H groups in total. The average molecular weight is 538 g/mol. The van der Waals surface area contributed by atoms with E-state index >= 15 is 0 Å². The summed E-state index contributed by atoms with van der Waals surface area (Å²) in [5, 5.41) is 0. The van der Waals surface area contributed by atoms with E-state index in [9.17, 15) is 22.8 Å². The average Bonchev–Trinajstić information content (AvgIpc) is 3.24. The molecule has 0 aliphatic carbocycles. The van der Waals surface area contributed by atoms with E-state index in [0.717, 1.165) is 36.4 Å². The fourth-order valence-corrected chi connectivity index (χ4v) is 3.89. The smallest absolute Gasteiger partial charge is 0.443 e. The number of amides is 2. The van der Waals surface area contributed by atoms with Crippen LogP contribution in [0.2, 0.25) is 0 Å². The highest BCUT2D eigenvalue weighted by atomic mass is 19.4. The normalized spacial score (nSPS) is 14.8. The van der Waals surface area contributed by atoms with E-state index in [1.165, 1.54) is 30.5 Å². The third-order valence-corrected chi connectivity index (χ3v) is 5.35. The Bertz CT molecular complexity index is 1100. The number of benzene rings is 1. The molecule has 2 heterocycles. The first kappa shape index (κ1) is 29.2. The van der Waals surface area contributed by atoms with Crippen molar-refractivity contribution in [2.45, 2.75) is 78.5 Å². The molecule has 0 bridgehead atoms. The summed E-state index contributed by atoms with van der Waals surface area (Å²) in [7, 11) is 0. The van der Waals surface area contributed by atoms with Gasteiger partial charge >= 0.3 is 18.5 Å². The quantitative estimate of drug-likeness (QED) is 0.410. The van der Waals surface area contributed by atoms with Gasteiger partial charge in [0, 0.05) is 18.3 Å². The van der Waals surface area contributed by atoms with E-state index in [0.29, 0.717) is 17.7 Å². The lowest BCUT2D eigenvalue weighted by Crippen LogP contribution is -2.44. The number of halogens is 3. The molecule has 2 aromatic rings. The molecule has 1 aromatic heterocycles. The number of anilines is 1. The third-order valence-electron chi connectivity index (χ3n) is 5.35. The van der Waals surface area contributed by atoms with Gasteiger partial charge in [-0.2, -0.15) is 4.90 Å². The van der Waals surface area contributed by atoms with Gasteiger partial charge < -0.3 is 14.2 Å². The number of ether oxygens (including phenoxy) is 3. The van der Waals surface area contributed by atoms with Crippen LogP contribution in [0, 0.1) is 0 Å². The molecular formula is C27H34F3N3O5. The summed E-state index contributed by atoms with van der Waals surface area (Å²) in [6, 6.07) is 7.07. The van der Waals surface area contributed by atoms with Crippen molar-refractivity contribution >= 4 is 18.0 Å². The van der Waals surface area contributed by atoms with Crippen LogP contribution in [-0.4, -0.2) is 52.7 Å². The lowest BCUT2D eigenvalue weighted by molar-refractivity contribution is -0.274. The summed E-state index contributed by atoms with van der Waals surface area (Å²) >= 11 is 0. The maximum atomic E-state index is 13.1. The highest BCUT2D eigenvalue weighted by Crippen LogP contribution is 2.32. The summed E-state index contributed by atoms with van der Waals surface area (Å²) in [5.41, 5.74) is 0.228. The first-order valence-corrected chi connectivity index (χ1v) is 12.3. The van der Waals surface area contributed by atoms with E-state index in [4.69, 9.17) is 9.47 Å². The lowest BCUT2D eigenvalue weighted by atomic mass is 10.0. The third kappa shape index (κ3) is 8.61. The second-order valence-corrected chi connectivity index (χ2v) is 11.1. The van der Waals surface area contributed by atoms with Crippen LogP contribution in [0.1, 0.15) is 59.9 Å². The SMILES string of the molecule is CC(C)(C)OC(=O)N(C(=O)OC(C)(C)C)c1cc(CN2CCCC2)c(-c2ccc(OC(F)(F)F)cc2)cn1. The number of hydrogen-bond donors (Lipinski definition) is 0. The minimum Gasteiger partial charge on any atom is -0.443 e. The predicted molar refractivity (Wildman–Crippen MR) is 136 cm³/mol. The molecule has 38 heavy (non-hydrogen) atoms. The number of alkyl halides is 3. The zero-order chi connectivity index (χ0) is 28.3. The molecule has 1 aromatic carbocycles. The number of nitrogens with zero attached hydrogens (tertiary/aromatic N) is 3. The number of aromatic nitrogens is 1. The van der Waals surface area contributed by atoms with Gasteiger partial charge in [0.1, 0.15) is 22.8 Å². The van der Waals surface area contributed by atoms with Gasteiger partial charge in [0.2, 0.25) is 0 Å². The standard InChI is InChI=1S/C27H34F3N3O5/c1-25(2,3)37-23(34)33(24(35)38-26(4,5)6)22-15-19(17-32-13-7-8-14-32)21(16-31-22)18-9-11-20(12-10-18)36-27(28,29)30/h9-12,15-16H,7-8,13-14,17H2,1-6H3. The molecule has 0 spiro atoms. The van der Waals surface area contributed by atoms with Gasteiger partial charge in [-0.1, -0.05) is 12.1 Å². The van der Waals surface area contributed by atoms with Crippen molar-refractivity contribution in [1.82, 2.24) is 9.88 Å². The Morgan fingerprint density at radius 1 is 0.921 bits per heavy atom. The second-order valence-electron chi connectivity index (χ2n) is 11.1. The van der Waals surface area contributed by atoms with Gasteiger partial charge in [0.05, 0.1) is 0 Å². The van der Waals surface area contributed by atoms with Crippen LogP contribution in [-0.2, 0) is 16.0 Å². The van der Waals surface area contributed by atoms with Crippen LogP contribution in [0.15, 0.2) is 36.5 Å². The van der Waals surface area contributed by atoms with Gasteiger partial charge in [-0.25, -0.2) is 14.6 Å². The zero-order valence-corrected chi connectivity index (χ0v) is 22.5. The fourth-order valence-electron chi connectivity index (χ4n) is 3.89. The molecule has 1 fully saturated rings. The molecule has 8 nitrogen and oxygen atoms in total. The van der Waals surface area contributed by atoms with Crippen molar-refractivity contribution in [3.05, 3.63) is 42.1 Å². The molecular weight excluding hydrogens is 503 g/mol. The fraction of sp³-hybridized carbons (Fsp3) is 0.519. The Morgan fingerprint density at radius 3 is 1.92 bits per heavy atom. The van der Waals surface area contributed by atoms with Crippen molar-refractivity contribution in [2.75, 3.05) is 18.0 Å². The van der Waals surface area contributed by atoms with Crippen LogP contribution in [0.5, 0.6) is 5.75 Å². The summed E-state index contributed by atoms with van der Waals surface area (Å²) in [5.74, 6) is -0.323. The Labute approximate surface area is 220 Å². The van der Waals surface area contributed by atoms with Crippen LogP contribution in [0.25, 0.3) is 11.1 Å². The Kier molecular flexibility index (Phi) is 8.60. The van der Waals surface area contributed by atoms with Crippen LogP contribution >= 0.6 is 0 Å². The van der Waals surface area contributed by atoms with Crippen molar-refractivity contribution < 1.29 is 37.0 Å². The highest BCUT2D eigenvalue weighted by molar-refractivity contribution is 6.08. The second kappa shape index (κ2) is 11.2. The van der Waals surface area contributed by atoms with Gasteiger partial charge in [0.25, 0.3) is 0 Å². The molecule has 0 atom stereocenters. The summed E-state index contributed by atoms with van der Waals surface area (Å²) < 4.78 is 52.7. The van der Waals surface area contributed by atoms with E-state index < -0.39 is 29.8 Å². The molecule has 0 saturated carbocycles. The largest absolute Gasteiger partial charge is 0.573 e. The van der Waals surface area contributed by atoms with E-state index in [1.54, 1.807) is 47.6 Å². The number of pyridine rings is 1. The minimum absolute atomic E-state index is 0.0171. The molecule has 0 radical (unpaired) electrons. The molecule has 2 amide bonds. The number of imide groups is 1. The molecule has 0 unspecified atom stereocenters. The van der Waals surface area contributed by atoms with Gasteiger partial charge in [-0.15, -0.1) is 13.2 Å². The first-order chi connectivity index (χ1) is 17.5. The van der Waals surface area contributed by atoms with E-state index in [1.807, 2.05) is 0 Å². The van der Waals surface area contributed by atoms with Gasteiger partial charge in [0.15, 0.2) is 0 Å². The highest BCUT2D eigenvalue weighted by Gasteiger charge is 2.34. The van der Waals surface area contributed by atoms with E-state index in [2.05, 4.69) is 14.6 Å². The lowest BCUT2D eigenvalue weighted by Gasteiger charge is -2.28. The maximum Gasteiger partial charge on any atom is 0.573 e. The molecule has 1 saturated heterocycles. The first-order valence-electron chi connectivity index (χ1n) is 12.3. The molecule has 208 valence electrons. The Hall–Kier alpha value is -3.34. The molecule has 11 heteroatoms. The molecule has 1 aliphatic rings. The Balaban J connectivity index is 2.04. The zero-order valence-electron chi connectivity index (χ0n) is 22.5. The number of hydrogen-bond acceptors (Lipinski definition) is 7. The number of carbonyl (C=O) groups excluding carboxylic acids is 2. The van der Waals surface area contributed by atoms with Crippen molar-refractivity contribution in [1.29, 1.82) is 0 Å². The van der Waals surface area contributed by atoms with Crippen molar-refractivity contribution in [2.24, 2.45) is 0 Å². The molecule has 1 aliphatic heterocycles. The number of likely N-dealkylation sites (tertiary alicyclic amines) is 1. The van der Waals surface area contributed by atoms with E-state index in [-0.39, 0.29) is 11.6 Å². The monoisotopic (exact) mass is 537 g/mol. The van der Waals surface area contributed by atoms with Gasteiger partial charge in [-0.05, 0) is 96.8 Å². The van der Waals surface area contributed by atoms with Crippen LogP contribution in [0.4, 0.5) is 28.6 Å². The van der Waals surface area contributed by atoms with Gasteiger partial charge in [-0.3, -0.25) is 4.90 Å². The molecule has 3 rings (SSSR count).